The van der Waals surface area contributed by atoms with Crippen LogP contribution in [-0.2, 0) is 19.3 Å². The SMILES string of the molecule is Cc1coc2c1-[n+]1[nH]c(Cc3ccccc3)nc1CCC2. The van der Waals surface area contributed by atoms with Gasteiger partial charge in [-0.3, -0.25) is 0 Å². The number of nitrogens with one attached hydrogen (secondary N) is 1. The number of hydrogen-bond acceptors (Lipinski definition) is 2. The molecule has 0 bridgehead atoms. The molecule has 3 heterocycles. The highest BCUT2D eigenvalue weighted by atomic mass is 16.3. The lowest BCUT2D eigenvalue weighted by Crippen LogP contribution is -2.37. The lowest BCUT2D eigenvalue weighted by Gasteiger charge is -1.96. The Kier molecular flexibility index (Phi) is 2.88. The predicted molar refractivity (Wildman–Crippen MR) is 78.4 cm³/mol. The third-order valence-electron chi connectivity index (χ3n) is 4.02. The predicted octanol–water partition coefficient (Wildman–Crippen LogP) is 2.67. The van der Waals surface area contributed by atoms with E-state index in [1.807, 2.05) is 12.3 Å². The number of aromatic nitrogens is 3. The summed E-state index contributed by atoms with van der Waals surface area (Å²) in [6.45, 7) is 2.09. The van der Waals surface area contributed by atoms with Gasteiger partial charge < -0.3 is 4.42 Å². The van der Waals surface area contributed by atoms with Crippen LogP contribution < -0.4 is 4.68 Å². The first kappa shape index (κ1) is 12.4. The first-order valence-electron chi connectivity index (χ1n) is 7.42. The Morgan fingerprint density at radius 3 is 2.95 bits per heavy atom. The molecule has 3 aromatic rings. The molecular weight excluding hydrogens is 262 g/mol. The van der Waals surface area contributed by atoms with Crippen LogP contribution in [0, 0.1) is 6.92 Å². The van der Waals surface area contributed by atoms with Gasteiger partial charge in [0.25, 0.3) is 5.82 Å². The molecule has 4 nitrogen and oxygen atoms in total. The average Bonchev–Trinajstić information content (AvgIpc) is 2.99. The maximum atomic E-state index is 5.68. The Balaban J connectivity index is 1.75. The molecule has 0 amide bonds. The van der Waals surface area contributed by atoms with Crippen LogP contribution in [0.5, 0.6) is 0 Å². The molecule has 0 saturated heterocycles. The fraction of sp³-hybridized carbons (Fsp3) is 0.294. The molecule has 1 aliphatic rings. The molecule has 4 rings (SSSR count). The summed E-state index contributed by atoms with van der Waals surface area (Å²) in [6, 6.07) is 10.4. The molecule has 106 valence electrons. The van der Waals surface area contributed by atoms with Gasteiger partial charge in [-0.1, -0.05) is 30.3 Å². The first-order chi connectivity index (χ1) is 10.3. The van der Waals surface area contributed by atoms with E-state index in [-0.39, 0.29) is 0 Å². The molecule has 0 aliphatic carbocycles. The van der Waals surface area contributed by atoms with Crippen LogP contribution in [0.25, 0.3) is 5.69 Å². The Hall–Kier alpha value is -2.36. The second-order valence-electron chi connectivity index (χ2n) is 5.63. The maximum absolute atomic E-state index is 5.68. The van der Waals surface area contributed by atoms with E-state index in [4.69, 9.17) is 9.40 Å². The third kappa shape index (κ3) is 2.17. The van der Waals surface area contributed by atoms with E-state index in [0.29, 0.717) is 0 Å². The summed E-state index contributed by atoms with van der Waals surface area (Å²) in [5.74, 6) is 3.17. The monoisotopic (exact) mass is 280 g/mol. The van der Waals surface area contributed by atoms with Crippen LogP contribution in [0.15, 0.2) is 41.0 Å². The van der Waals surface area contributed by atoms with Crippen molar-refractivity contribution in [3.8, 4) is 5.69 Å². The van der Waals surface area contributed by atoms with Crippen LogP contribution in [-0.4, -0.2) is 10.1 Å². The normalized spacial score (nSPS) is 13.6. The van der Waals surface area contributed by atoms with E-state index < -0.39 is 0 Å². The van der Waals surface area contributed by atoms with E-state index in [1.54, 1.807) is 0 Å². The number of benzene rings is 1. The summed E-state index contributed by atoms with van der Waals surface area (Å²) in [6.07, 6.45) is 5.70. The Morgan fingerprint density at radius 2 is 2.10 bits per heavy atom. The van der Waals surface area contributed by atoms with E-state index in [9.17, 15) is 0 Å². The zero-order valence-electron chi connectivity index (χ0n) is 12.1. The molecule has 0 radical (unpaired) electrons. The summed E-state index contributed by atoms with van der Waals surface area (Å²) >= 11 is 0. The van der Waals surface area contributed by atoms with E-state index in [2.05, 4.69) is 41.0 Å². The smallest absolute Gasteiger partial charge is 0.324 e. The van der Waals surface area contributed by atoms with Crippen molar-refractivity contribution in [1.82, 2.24) is 10.1 Å². The van der Waals surface area contributed by atoms with Gasteiger partial charge in [0.05, 0.1) is 19.1 Å². The summed E-state index contributed by atoms with van der Waals surface area (Å²) in [7, 11) is 0. The van der Waals surface area contributed by atoms with Gasteiger partial charge in [0.1, 0.15) is 0 Å². The molecule has 1 aromatic carbocycles. The Morgan fingerprint density at radius 1 is 1.24 bits per heavy atom. The number of aryl methyl sites for hydroxylation is 3. The molecule has 4 heteroatoms. The maximum Gasteiger partial charge on any atom is 0.324 e. The van der Waals surface area contributed by atoms with Gasteiger partial charge in [-0.15, -0.1) is 4.68 Å². The van der Waals surface area contributed by atoms with Gasteiger partial charge in [-0.2, -0.15) is 5.10 Å². The van der Waals surface area contributed by atoms with Gasteiger partial charge >= 0.3 is 5.82 Å². The number of H-pyrrole nitrogens is 1. The third-order valence-corrected chi connectivity index (χ3v) is 4.02. The van der Waals surface area contributed by atoms with Crippen LogP contribution >= 0.6 is 0 Å². The van der Waals surface area contributed by atoms with Crippen LogP contribution in [0.1, 0.15) is 35.0 Å². The Labute approximate surface area is 123 Å². The van der Waals surface area contributed by atoms with Gasteiger partial charge in [-0.05, 0) is 23.9 Å². The van der Waals surface area contributed by atoms with Crippen molar-refractivity contribution in [3.05, 3.63) is 65.1 Å². The fourth-order valence-corrected chi connectivity index (χ4v) is 3.02. The summed E-state index contributed by atoms with van der Waals surface area (Å²) in [5, 5.41) is 3.45. The highest BCUT2D eigenvalue weighted by molar-refractivity contribution is 5.35. The highest BCUT2D eigenvalue weighted by Crippen LogP contribution is 2.22. The molecule has 0 fully saturated rings. The van der Waals surface area contributed by atoms with Gasteiger partial charge in [0.2, 0.25) is 0 Å². The largest absolute Gasteiger partial charge is 0.464 e. The van der Waals surface area contributed by atoms with Crippen LogP contribution in [0.3, 0.4) is 0 Å². The zero-order chi connectivity index (χ0) is 14.2. The van der Waals surface area contributed by atoms with Gasteiger partial charge in [-0.25, -0.2) is 0 Å². The van der Waals surface area contributed by atoms with Crippen molar-refractivity contribution >= 4 is 0 Å². The molecule has 1 aliphatic heterocycles. The zero-order valence-corrected chi connectivity index (χ0v) is 12.1. The minimum Gasteiger partial charge on any atom is -0.464 e. The molecular formula is C17H18N3O+. The van der Waals surface area contributed by atoms with Crippen molar-refractivity contribution < 1.29 is 9.10 Å². The molecule has 0 saturated carbocycles. The molecule has 0 unspecified atom stereocenters. The molecule has 0 atom stereocenters. The van der Waals surface area contributed by atoms with Crippen LogP contribution in [0.2, 0.25) is 0 Å². The number of nitrogens with zero attached hydrogens (tertiary/aromatic N) is 2. The average molecular weight is 280 g/mol. The lowest BCUT2D eigenvalue weighted by atomic mass is 10.1. The minimum atomic E-state index is 0.826. The standard InChI is InChI=1S/C17H17N3O/c1-12-11-21-14-8-5-9-16-18-15(19-20(16)17(12)14)10-13-6-3-2-4-7-13/h2-4,6-7,11H,5,8-10H2,1H3/p+1. The van der Waals surface area contributed by atoms with Gasteiger partial charge in [0.15, 0.2) is 11.4 Å². The Bertz CT molecular complexity index is 771. The van der Waals surface area contributed by atoms with Crippen molar-refractivity contribution in [1.29, 1.82) is 0 Å². The number of rotatable bonds is 2. The van der Waals surface area contributed by atoms with Crippen molar-refractivity contribution in [3.63, 3.8) is 0 Å². The number of fused-ring (bicyclic) bond motifs is 3. The number of furan rings is 1. The number of aromatic amines is 1. The first-order valence-corrected chi connectivity index (χ1v) is 7.42. The van der Waals surface area contributed by atoms with E-state index >= 15 is 0 Å². The number of hydrogen-bond donors (Lipinski definition) is 1. The van der Waals surface area contributed by atoms with Crippen molar-refractivity contribution in [2.24, 2.45) is 0 Å². The summed E-state index contributed by atoms with van der Waals surface area (Å²) in [4.78, 5) is 4.79. The van der Waals surface area contributed by atoms with Crippen molar-refractivity contribution in [2.45, 2.75) is 32.6 Å². The second kappa shape index (κ2) is 4.88. The lowest BCUT2D eigenvalue weighted by molar-refractivity contribution is -0.665. The topological polar surface area (TPSA) is 45.7 Å². The minimum absolute atomic E-state index is 0.826. The van der Waals surface area contributed by atoms with E-state index in [0.717, 1.165) is 54.3 Å². The van der Waals surface area contributed by atoms with Crippen LogP contribution in [0.4, 0.5) is 0 Å². The molecule has 21 heavy (non-hydrogen) atoms. The van der Waals surface area contributed by atoms with E-state index in [1.165, 1.54) is 5.56 Å². The molecule has 2 aromatic heterocycles. The summed E-state index contributed by atoms with van der Waals surface area (Å²) in [5.41, 5.74) is 3.58. The quantitative estimate of drug-likeness (QED) is 0.734. The second-order valence-corrected chi connectivity index (χ2v) is 5.63. The molecule has 1 N–H and O–H groups in total. The highest BCUT2D eigenvalue weighted by Gasteiger charge is 2.29. The van der Waals surface area contributed by atoms with Gasteiger partial charge in [0, 0.05) is 12.0 Å². The fourth-order valence-electron chi connectivity index (χ4n) is 3.02. The molecule has 0 spiro atoms. The van der Waals surface area contributed by atoms with Crippen molar-refractivity contribution in [2.75, 3.05) is 0 Å². The summed E-state index contributed by atoms with van der Waals surface area (Å²) < 4.78 is 7.79.